The van der Waals surface area contributed by atoms with Gasteiger partial charge in [0.2, 0.25) is 0 Å². The first-order chi connectivity index (χ1) is 10.5. The molecule has 1 fully saturated rings. The second-order valence-corrected chi connectivity index (χ2v) is 6.86. The number of rotatable bonds is 5. The lowest BCUT2D eigenvalue weighted by Crippen LogP contribution is -2.49. The van der Waals surface area contributed by atoms with E-state index < -0.39 is 0 Å². The smallest absolute Gasteiger partial charge is 0.194 e. The van der Waals surface area contributed by atoms with E-state index >= 15 is 0 Å². The molecule has 0 aliphatic carbocycles. The maximum Gasteiger partial charge on any atom is 0.194 e. The molecule has 1 aromatic heterocycles. The minimum Gasteiger partial charge on any atom is -0.494 e. The zero-order valence-corrected chi connectivity index (χ0v) is 15.0. The van der Waals surface area contributed by atoms with Crippen LogP contribution in [0.25, 0.3) is 0 Å². The lowest BCUT2D eigenvalue weighted by atomic mass is 9.75. The Morgan fingerprint density at radius 2 is 2.23 bits per heavy atom. The standard InChI is InChI=1S/C15H18BrN3O2S/c1-3-21-12-5-10(4-11(16)6-12)15(8-20-9-15)7-13-17-18-14(22)19(13)2/h4-6H,3,7-9H2,1-2H3,(H,18,22). The average molecular weight is 384 g/mol. The van der Waals surface area contributed by atoms with Crippen molar-refractivity contribution in [2.24, 2.45) is 7.05 Å². The molecule has 1 N–H and O–H groups in total. The Bertz CT molecular complexity index is 737. The minimum absolute atomic E-state index is 0.0790. The number of hydrogen-bond donors (Lipinski definition) is 1. The number of H-pyrrole nitrogens is 1. The van der Waals surface area contributed by atoms with Gasteiger partial charge in [0.15, 0.2) is 4.77 Å². The van der Waals surface area contributed by atoms with Crippen LogP contribution < -0.4 is 4.74 Å². The van der Waals surface area contributed by atoms with Gasteiger partial charge in [0.05, 0.1) is 19.8 Å². The lowest BCUT2D eigenvalue weighted by Gasteiger charge is -2.42. The second-order valence-electron chi connectivity index (χ2n) is 5.56. The topological polar surface area (TPSA) is 52.1 Å². The molecule has 1 aromatic carbocycles. The third-order valence-corrected chi connectivity index (χ3v) is 4.84. The zero-order valence-electron chi connectivity index (χ0n) is 12.6. The number of nitrogens with zero attached hydrogens (tertiary/aromatic N) is 2. The molecule has 3 rings (SSSR count). The van der Waals surface area contributed by atoms with Crippen LogP contribution in [-0.4, -0.2) is 34.6 Å². The van der Waals surface area contributed by atoms with Crippen LogP contribution in [0.15, 0.2) is 22.7 Å². The van der Waals surface area contributed by atoms with Crippen LogP contribution in [0.1, 0.15) is 18.3 Å². The molecule has 0 unspecified atom stereocenters. The third-order valence-electron chi connectivity index (χ3n) is 4.02. The van der Waals surface area contributed by atoms with E-state index in [1.165, 1.54) is 5.56 Å². The van der Waals surface area contributed by atoms with Crippen molar-refractivity contribution < 1.29 is 9.47 Å². The van der Waals surface area contributed by atoms with Gasteiger partial charge in [0.1, 0.15) is 11.6 Å². The van der Waals surface area contributed by atoms with Gasteiger partial charge in [-0.1, -0.05) is 15.9 Å². The highest BCUT2D eigenvalue weighted by Crippen LogP contribution is 2.38. The Morgan fingerprint density at radius 3 is 2.77 bits per heavy atom. The maximum absolute atomic E-state index is 5.65. The second kappa shape index (κ2) is 6.14. The van der Waals surface area contributed by atoms with Crippen LogP contribution in [0.3, 0.4) is 0 Å². The van der Waals surface area contributed by atoms with Crippen molar-refractivity contribution in [3.63, 3.8) is 0 Å². The molecule has 7 heteroatoms. The van der Waals surface area contributed by atoms with Crippen LogP contribution in [0.5, 0.6) is 5.75 Å². The van der Waals surface area contributed by atoms with E-state index in [1.807, 2.05) is 24.6 Å². The fourth-order valence-corrected chi connectivity index (χ4v) is 3.30. The fraction of sp³-hybridized carbons (Fsp3) is 0.467. The minimum atomic E-state index is -0.0790. The molecule has 0 amide bonds. The van der Waals surface area contributed by atoms with E-state index in [0.29, 0.717) is 24.6 Å². The third kappa shape index (κ3) is 2.85. The van der Waals surface area contributed by atoms with Crippen molar-refractivity contribution in [2.75, 3.05) is 19.8 Å². The highest BCUT2D eigenvalue weighted by atomic mass is 79.9. The van der Waals surface area contributed by atoms with Gasteiger partial charge in [-0.3, -0.25) is 5.10 Å². The molecule has 1 aliphatic rings. The SMILES string of the molecule is CCOc1cc(Br)cc(C2(Cc3n[nH]c(=S)n3C)COC2)c1. The molecule has 0 atom stereocenters. The van der Waals surface area contributed by atoms with Crippen LogP contribution >= 0.6 is 28.1 Å². The molecular formula is C15H18BrN3O2S. The van der Waals surface area contributed by atoms with E-state index in [2.05, 4.69) is 38.3 Å². The van der Waals surface area contributed by atoms with Crippen molar-refractivity contribution in [3.8, 4) is 5.75 Å². The van der Waals surface area contributed by atoms with Crippen molar-refractivity contribution >= 4 is 28.1 Å². The first-order valence-corrected chi connectivity index (χ1v) is 8.36. The molecule has 0 bridgehead atoms. The summed E-state index contributed by atoms with van der Waals surface area (Å²) in [5, 5.41) is 7.18. The first kappa shape index (κ1) is 15.7. The number of ether oxygens (including phenoxy) is 2. The monoisotopic (exact) mass is 383 g/mol. The summed E-state index contributed by atoms with van der Waals surface area (Å²) in [6.45, 7) is 3.98. The highest BCUT2D eigenvalue weighted by molar-refractivity contribution is 9.10. The van der Waals surface area contributed by atoms with E-state index in [1.54, 1.807) is 0 Å². The number of aromatic amines is 1. The molecule has 2 aromatic rings. The fourth-order valence-electron chi connectivity index (χ4n) is 2.68. The molecule has 0 radical (unpaired) electrons. The largest absolute Gasteiger partial charge is 0.494 e. The zero-order chi connectivity index (χ0) is 15.7. The summed E-state index contributed by atoms with van der Waals surface area (Å²) in [7, 11) is 1.93. The van der Waals surface area contributed by atoms with E-state index in [-0.39, 0.29) is 5.41 Å². The molecule has 22 heavy (non-hydrogen) atoms. The van der Waals surface area contributed by atoms with Gasteiger partial charge >= 0.3 is 0 Å². The number of hydrogen-bond acceptors (Lipinski definition) is 4. The van der Waals surface area contributed by atoms with Crippen molar-refractivity contribution in [2.45, 2.75) is 18.8 Å². The van der Waals surface area contributed by atoms with E-state index in [9.17, 15) is 0 Å². The molecule has 1 saturated heterocycles. The molecule has 1 aliphatic heterocycles. The lowest BCUT2D eigenvalue weighted by molar-refractivity contribution is -0.0612. The van der Waals surface area contributed by atoms with E-state index in [0.717, 1.165) is 22.5 Å². The molecule has 0 saturated carbocycles. The summed E-state index contributed by atoms with van der Waals surface area (Å²) in [5.74, 6) is 1.81. The summed E-state index contributed by atoms with van der Waals surface area (Å²) >= 11 is 8.76. The van der Waals surface area contributed by atoms with Gasteiger partial charge in [-0.15, -0.1) is 0 Å². The molecule has 5 nitrogen and oxygen atoms in total. The normalized spacial score (nSPS) is 16.3. The molecule has 118 valence electrons. The van der Waals surface area contributed by atoms with Crippen LogP contribution in [0, 0.1) is 4.77 Å². The molecule has 0 spiro atoms. The van der Waals surface area contributed by atoms with Crippen LogP contribution in [0.2, 0.25) is 0 Å². The predicted molar refractivity (Wildman–Crippen MR) is 89.9 cm³/mol. The summed E-state index contributed by atoms with van der Waals surface area (Å²) in [6.07, 6.45) is 0.776. The predicted octanol–water partition coefficient (Wildman–Crippen LogP) is 3.15. The maximum atomic E-state index is 5.65. The van der Waals surface area contributed by atoms with E-state index in [4.69, 9.17) is 21.7 Å². The van der Waals surface area contributed by atoms with Gasteiger partial charge in [-0.2, -0.15) is 5.10 Å². The summed E-state index contributed by atoms with van der Waals surface area (Å²) in [5.41, 5.74) is 1.12. The number of nitrogens with one attached hydrogen (secondary N) is 1. The average Bonchev–Trinajstić information content (AvgIpc) is 2.74. The molecular weight excluding hydrogens is 366 g/mol. The number of halogens is 1. The van der Waals surface area contributed by atoms with Gasteiger partial charge in [-0.25, -0.2) is 0 Å². The first-order valence-electron chi connectivity index (χ1n) is 7.16. The van der Waals surface area contributed by atoms with Crippen LogP contribution in [0.4, 0.5) is 0 Å². The van der Waals surface area contributed by atoms with Gasteiger partial charge < -0.3 is 14.0 Å². The quantitative estimate of drug-likeness (QED) is 0.805. The summed E-state index contributed by atoms with van der Waals surface area (Å²) in [6, 6.07) is 6.21. The van der Waals surface area contributed by atoms with Crippen molar-refractivity contribution in [3.05, 3.63) is 38.8 Å². The number of aromatic nitrogens is 3. The Morgan fingerprint density at radius 1 is 1.45 bits per heavy atom. The summed E-state index contributed by atoms with van der Waals surface area (Å²) in [4.78, 5) is 0. The molecule has 2 heterocycles. The van der Waals surface area contributed by atoms with Gasteiger partial charge in [0, 0.05) is 23.4 Å². The Kier molecular flexibility index (Phi) is 4.38. The Balaban J connectivity index is 1.96. The number of benzene rings is 1. The van der Waals surface area contributed by atoms with Crippen molar-refractivity contribution in [1.82, 2.24) is 14.8 Å². The van der Waals surface area contributed by atoms with Crippen LogP contribution in [-0.2, 0) is 23.6 Å². The van der Waals surface area contributed by atoms with Crippen molar-refractivity contribution in [1.29, 1.82) is 0 Å². The van der Waals surface area contributed by atoms with Gasteiger partial charge in [-0.05, 0) is 42.9 Å². The van der Waals surface area contributed by atoms with Gasteiger partial charge in [0.25, 0.3) is 0 Å². The Hall–Kier alpha value is -1.18. The summed E-state index contributed by atoms with van der Waals surface area (Å²) < 4.78 is 14.7. The highest BCUT2D eigenvalue weighted by Gasteiger charge is 2.42. The Labute approximate surface area is 142 Å².